The van der Waals surface area contributed by atoms with Crippen molar-refractivity contribution in [2.75, 3.05) is 7.11 Å². The van der Waals surface area contributed by atoms with E-state index in [1.165, 1.54) is 17.5 Å². The normalized spacial score (nSPS) is 25.6. The monoisotopic (exact) mass is 318 g/mol. The average molecular weight is 320 g/mol. The van der Waals surface area contributed by atoms with Crippen LogP contribution in [-0.4, -0.2) is 11.9 Å². The highest BCUT2D eigenvalue weighted by molar-refractivity contribution is 9.12. The summed E-state index contributed by atoms with van der Waals surface area (Å²) in [5.41, 5.74) is 2.79. The number of alkyl halides is 2. The number of fused-ring (bicyclic) bond motifs is 1. The van der Waals surface area contributed by atoms with Gasteiger partial charge in [0.1, 0.15) is 5.75 Å². The van der Waals surface area contributed by atoms with E-state index >= 15 is 0 Å². The average Bonchev–Trinajstić information content (AvgIpc) is 2.23. The van der Waals surface area contributed by atoms with E-state index in [-0.39, 0.29) is 0 Å². The Morgan fingerprint density at radius 1 is 1.36 bits per heavy atom. The third kappa shape index (κ3) is 1.84. The molecular weight excluding hydrogens is 308 g/mol. The Morgan fingerprint density at radius 2 is 2.14 bits per heavy atom. The predicted molar refractivity (Wildman–Crippen MR) is 65.7 cm³/mol. The number of rotatable bonds is 1. The predicted octanol–water partition coefficient (Wildman–Crippen LogP) is 3.84. The Hall–Kier alpha value is -0.0200. The van der Waals surface area contributed by atoms with Gasteiger partial charge in [-0.05, 0) is 36.1 Å². The molecule has 1 aromatic rings. The maximum atomic E-state index is 5.22. The first-order valence-corrected chi connectivity index (χ1v) is 6.50. The largest absolute Gasteiger partial charge is 0.497 e. The number of hydrogen-bond donors (Lipinski definition) is 0. The van der Waals surface area contributed by atoms with Gasteiger partial charge in [-0.1, -0.05) is 37.9 Å². The molecule has 1 aromatic carbocycles. The molecule has 0 fully saturated rings. The fourth-order valence-corrected chi connectivity index (χ4v) is 3.05. The van der Waals surface area contributed by atoms with Crippen LogP contribution in [0.4, 0.5) is 0 Å². The molecule has 0 spiro atoms. The van der Waals surface area contributed by atoms with Gasteiger partial charge in [0, 0.05) is 4.83 Å². The van der Waals surface area contributed by atoms with Gasteiger partial charge < -0.3 is 4.74 Å². The highest BCUT2D eigenvalue weighted by atomic mass is 79.9. The Kier molecular flexibility index (Phi) is 3.17. The van der Waals surface area contributed by atoms with E-state index in [0.29, 0.717) is 9.65 Å². The first-order valence-electron chi connectivity index (χ1n) is 4.67. The van der Waals surface area contributed by atoms with E-state index in [1.807, 2.05) is 6.07 Å². The van der Waals surface area contributed by atoms with Crippen LogP contribution in [0.25, 0.3) is 0 Å². The van der Waals surface area contributed by atoms with E-state index in [2.05, 4.69) is 44.0 Å². The molecule has 0 bridgehead atoms. The molecule has 1 aliphatic rings. The lowest BCUT2D eigenvalue weighted by molar-refractivity contribution is 0.413. The van der Waals surface area contributed by atoms with Crippen molar-refractivity contribution in [3.8, 4) is 5.75 Å². The van der Waals surface area contributed by atoms with Crippen LogP contribution >= 0.6 is 31.9 Å². The van der Waals surface area contributed by atoms with Gasteiger partial charge in [0.2, 0.25) is 0 Å². The van der Waals surface area contributed by atoms with E-state index in [9.17, 15) is 0 Å². The molecule has 0 saturated carbocycles. The topological polar surface area (TPSA) is 9.23 Å². The lowest BCUT2D eigenvalue weighted by Gasteiger charge is -2.26. The first-order chi connectivity index (χ1) is 6.72. The van der Waals surface area contributed by atoms with Crippen molar-refractivity contribution < 1.29 is 4.74 Å². The summed E-state index contributed by atoms with van der Waals surface area (Å²) < 4.78 is 5.22. The number of methoxy groups -OCH3 is 1. The van der Waals surface area contributed by atoms with E-state index in [0.717, 1.165) is 12.2 Å². The number of halogens is 2. The summed E-state index contributed by atoms with van der Waals surface area (Å²) in [7, 11) is 1.71. The zero-order valence-corrected chi connectivity index (χ0v) is 11.1. The van der Waals surface area contributed by atoms with Crippen LogP contribution in [0.5, 0.6) is 5.75 Å². The molecule has 0 radical (unpaired) electrons. The Bertz CT molecular complexity index is 338. The summed E-state index contributed by atoms with van der Waals surface area (Å²) in [6.07, 6.45) is 2.31. The molecule has 76 valence electrons. The molecule has 1 aliphatic carbocycles. The molecule has 3 heteroatoms. The second-order valence-corrected chi connectivity index (χ2v) is 5.68. The van der Waals surface area contributed by atoms with Crippen molar-refractivity contribution in [3.63, 3.8) is 0 Å². The van der Waals surface area contributed by atoms with Crippen LogP contribution in [0.3, 0.4) is 0 Å². The second-order valence-electron chi connectivity index (χ2n) is 3.52. The van der Waals surface area contributed by atoms with E-state index < -0.39 is 0 Å². The van der Waals surface area contributed by atoms with Crippen molar-refractivity contribution in [1.82, 2.24) is 0 Å². The third-order valence-electron chi connectivity index (χ3n) is 2.65. The molecule has 2 atom stereocenters. The highest BCUT2D eigenvalue weighted by Gasteiger charge is 2.25. The fourth-order valence-electron chi connectivity index (χ4n) is 1.83. The van der Waals surface area contributed by atoms with Crippen molar-refractivity contribution in [1.29, 1.82) is 0 Å². The third-order valence-corrected chi connectivity index (χ3v) is 5.48. The van der Waals surface area contributed by atoms with Crippen LogP contribution in [0, 0.1) is 0 Å². The van der Waals surface area contributed by atoms with Crippen molar-refractivity contribution >= 4 is 31.9 Å². The summed E-state index contributed by atoms with van der Waals surface area (Å²) in [5, 5.41) is 0. The van der Waals surface area contributed by atoms with E-state index in [1.54, 1.807) is 7.11 Å². The van der Waals surface area contributed by atoms with Crippen LogP contribution in [-0.2, 0) is 6.42 Å². The van der Waals surface area contributed by atoms with Crippen LogP contribution in [0.15, 0.2) is 18.2 Å². The summed E-state index contributed by atoms with van der Waals surface area (Å²) in [6, 6.07) is 6.32. The molecular formula is C11H12Br2O. The molecule has 1 nitrogen and oxygen atoms in total. The number of aryl methyl sites for hydroxylation is 1. The van der Waals surface area contributed by atoms with Gasteiger partial charge in [-0.15, -0.1) is 0 Å². The minimum Gasteiger partial charge on any atom is -0.497 e. The van der Waals surface area contributed by atoms with Crippen LogP contribution in [0.2, 0.25) is 0 Å². The van der Waals surface area contributed by atoms with Gasteiger partial charge in [-0.3, -0.25) is 0 Å². The van der Waals surface area contributed by atoms with Crippen LogP contribution in [0.1, 0.15) is 22.4 Å². The van der Waals surface area contributed by atoms with Gasteiger partial charge >= 0.3 is 0 Å². The van der Waals surface area contributed by atoms with Gasteiger partial charge in [0.15, 0.2) is 0 Å². The lowest BCUT2D eigenvalue weighted by Crippen LogP contribution is -2.16. The molecule has 0 N–H and O–H groups in total. The summed E-state index contributed by atoms with van der Waals surface area (Å²) in [6.45, 7) is 0. The molecule has 0 aliphatic heterocycles. The Labute approximate surface area is 101 Å². The van der Waals surface area contributed by atoms with Crippen molar-refractivity contribution in [3.05, 3.63) is 29.3 Å². The fraction of sp³-hybridized carbons (Fsp3) is 0.455. The Morgan fingerprint density at radius 3 is 2.86 bits per heavy atom. The standard InChI is InChI=1S/C11H12Br2O/c1-14-8-3-4-9-7(6-8)2-5-10(12)11(9)13/h3-4,6,10-11H,2,5H2,1H3. The van der Waals surface area contributed by atoms with Gasteiger partial charge in [0.25, 0.3) is 0 Å². The lowest BCUT2D eigenvalue weighted by atomic mass is 9.91. The Balaban J connectivity index is 2.38. The molecule has 0 saturated heterocycles. The molecule has 0 amide bonds. The molecule has 0 aromatic heterocycles. The first kappa shape index (κ1) is 10.5. The maximum absolute atomic E-state index is 5.22. The summed E-state index contributed by atoms with van der Waals surface area (Å²) in [4.78, 5) is 0.973. The van der Waals surface area contributed by atoms with Crippen LogP contribution < -0.4 is 4.74 Å². The number of hydrogen-bond acceptors (Lipinski definition) is 1. The highest BCUT2D eigenvalue weighted by Crippen LogP contribution is 2.41. The molecule has 14 heavy (non-hydrogen) atoms. The van der Waals surface area contributed by atoms with E-state index in [4.69, 9.17) is 4.74 Å². The zero-order chi connectivity index (χ0) is 10.1. The quantitative estimate of drug-likeness (QED) is 0.715. The SMILES string of the molecule is COc1ccc2c(c1)CCC(Br)C2Br. The van der Waals surface area contributed by atoms with Gasteiger partial charge in [0.05, 0.1) is 11.9 Å². The molecule has 2 unspecified atom stereocenters. The van der Waals surface area contributed by atoms with Gasteiger partial charge in [-0.2, -0.15) is 0 Å². The second kappa shape index (κ2) is 4.23. The minimum atomic E-state index is 0.428. The smallest absolute Gasteiger partial charge is 0.119 e. The summed E-state index contributed by atoms with van der Waals surface area (Å²) in [5.74, 6) is 0.955. The summed E-state index contributed by atoms with van der Waals surface area (Å²) >= 11 is 7.39. The van der Waals surface area contributed by atoms with Gasteiger partial charge in [-0.25, -0.2) is 0 Å². The van der Waals surface area contributed by atoms with Crippen molar-refractivity contribution in [2.24, 2.45) is 0 Å². The number of ether oxygens (including phenoxy) is 1. The van der Waals surface area contributed by atoms with Crippen molar-refractivity contribution in [2.45, 2.75) is 22.5 Å². The maximum Gasteiger partial charge on any atom is 0.119 e. The minimum absolute atomic E-state index is 0.428. The molecule has 0 heterocycles. The molecule has 2 rings (SSSR count). The number of benzene rings is 1. The zero-order valence-electron chi connectivity index (χ0n) is 7.97.